The first-order valence-corrected chi connectivity index (χ1v) is 11.3. The quantitative estimate of drug-likeness (QED) is 0.687. The molecule has 1 atom stereocenters. The highest BCUT2D eigenvalue weighted by atomic mass is 32.2. The fourth-order valence-electron chi connectivity index (χ4n) is 2.35. The molecule has 10 heteroatoms. The lowest BCUT2D eigenvalue weighted by Crippen LogP contribution is -2.45. The van der Waals surface area contributed by atoms with Crippen molar-refractivity contribution in [3.63, 3.8) is 0 Å². The Bertz CT molecular complexity index is 702. The zero-order valence-corrected chi connectivity index (χ0v) is 16.1. The van der Waals surface area contributed by atoms with Crippen molar-refractivity contribution < 1.29 is 18.0 Å². The van der Waals surface area contributed by atoms with E-state index in [1.807, 2.05) is 19.2 Å². The predicted molar refractivity (Wildman–Crippen MR) is 95.0 cm³/mol. The number of rotatable bonds is 7. The Hall–Kier alpha value is -1.13. The second kappa shape index (κ2) is 8.30. The van der Waals surface area contributed by atoms with Crippen molar-refractivity contribution in [2.24, 2.45) is 0 Å². The average Bonchev–Trinajstić information content (AvgIpc) is 3.07. The summed E-state index contributed by atoms with van der Waals surface area (Å²) in [5.74, 6) is -0.130. The van der Waals surface area contributed by atoms with E-state index in [4.69, 9.17) is 0 Å². The molecule has 7 nitrogen and oxygen atoms in total. The number of likely N-dealkylation sites (N-methyl/N-ethyl adjacent to an activating group) is 1. The van der Waals surface area contributed by atoms with Crippen LogP contribution >= 0.6 is 23.1 Å². The van der Waals surface area contributed by atoms with Gasteiger partial charge in [-0.2, -0.15) is 0 Å². The molecular weight excluding hydrogens is 370 g/mol. The largest absolute Gasteiger partial charge is 0.351 e. The van der Waals surface area contributed by atoms with Gasteiger partial charge in [-0.15, -0.1) is 11.3 Å². The van der Waals surface area contributed by atoms with Gasteiger partial charge in [0, 0.05) is 23.7 Å². The highest BCUT2D eigenvalue weighted by Gasteiger charge is 2.29. The Kier molecular flexibility index (Phi) is 6.64. The second-order valence-electron chi connectivity index (χ2n) is 5.62. The highest BCUT2D eigenvalue weighted by Crippen LogP contribution is 2.22. The highest BCUT2D eigenvalue weighted by molar-refractivity contribution is 8.01. The minimum absolute atomic E-state index is 0.0158. The van der Waals surface area contributed by atoms with Crippen LogP contribution in [0, 0.1) is 6.92 Å². The maximum absolute atomic E-state index is 12.2. The van der Waals surface area contributed by atoms with Gasteiger partial charge < -0.3 is 10.2 Å². The van der Waals surface area contributed by atoms with Gasteiger partial charge in [-0.3, -0.25) is 9.59 Å². The van der Waals surface area contributed by atoms with E-state index in [1.165, 1.54) is 28.0 Å². The van der Waals surface area contributed by atoms with Gasteiger partial charge in [0.15, 0.2) is 14.2 Å². The molecule has 2 amide bonds. The number of carbonyl (C=O) groups excluding carboxylic acids is 2. The van der Waals surface area contributed by atoms with Crippen LogP contribution in [0.15, 0.2) is 9.72 Å². The third kappa shape index (κ3) is 5.75. The molecule has 134 valence electrons. The molecule has 0 aliphatic carbocycles. The topological polar surface area (TPSA) is 96.4 Å². The molecule has 24 heavy (non-hydrogen) atoms. The first-order valence-electron chi connectivity index (χ1n) is 7.61. The summed E-state index contributed by atoms with van der Waals surface area (Å²) in [4.78, 5) is 30.0. The normalized spacial score (nSPS) is 19.2. The number of nitrogens with one attached hydrogen (secondary N) is 1. The zero-order valence-electron chi connectivity index (χ0n) is 13.6. The Morgan fingerprint density at radius 1 is 1.50 bits per heavy atom. The molecule has 0 spiro atoms. The van der Waals surface area contributed by atoms with Crippen molar-refractivity contribution >= 4 is 44.8 Å². The summed E-state index contributed by atoms with van der Waals surface area (Å²) in [6.07, 6.45) is 0.438. The molecule has 2 heterocycles. The molecule has 1 aliphatic rings. The van der Waals surface area contributed by atoms with Crippen molar-refractivity contribution in [1.29, 1.82) is 0 Å². The van der Waals surface area contributed by atoms with Crippen LogP contribution in [-0.2, 0) is 19.4 Å². The molecule has 1 saturated heterocycles. The van der Waals surface area contributed by atoms with Gasteiger partial charge in [-0.05, 0) is 20.3 Å². The van der Waals surface area contributed by atoms with E-state index in [9.17, 15) is 18.0 Å². The van der Waals surface area contributed by atoms with Crippen LogP contribution < -0.4 is 5.32 Å². The maximum Gasteiger partial charge on any atom is 0.239 e. The molecule has 0 unspecified atom stereocenters. The maximum atomic E-state index is 12.2. The summed E-state index contributed by atoms with van der Waals surface area (Å²) in [5.41, 5.74) is 0.924. The molecule has 1 fully saturated rings. The Labute approximate surface area is 150 Å². The lowest BCUT2D eigenvalue weighted by Gasteiger charge is -2.21. The molecule has 1 N–H and O–H groups in total. The predicted octanol–water partition coefficient (Wildman–Crippen LogP) is 0.695. The number of amides is 2. The van der Waals surface area contributed by atoms with Crippen molar-refractivity contribution in [3.8, 4) is 0 Å². The number of hydrogen-bond acceptors (Lipinski definition) is 7. The molecule has 1 aromatic rings. The SMILES string of the molecule is CCN(CC(=O)N[C@H]1CCS(=O)(=O)C1)C(=O)CSc1nc(C)cs1. The number of aromatic nitrogens is 1. The van der Waals surface area contributed by atoms with Crippen LogP contribution in [0.25, 0.3) is 0 Å². The Morgan fingerprint density at radius 2 is 2.25 bits per heavy atom. The molecule has 0 saturated carbocycles. The van der Waals surface area contributed by atoms with E-state index in [0.717, 1.165) is 10.0 Å². The monoisotopic (exact) mass is 391 g/mol. The van der Waals surface area contributed by atoms with Crippen LogP contribution in [0.4, 0.5) is 0 Å². The number of hydrogen-bond donors (Lipinski definition) is 1. The number of carbonyl (C=O) groups is 2. The second-order valence-corrected chi connectivity index (χ2v) is 9.93. The number of thioether (sulfide) groups is 1. The number of thiazole rings is 1. The summed E-state index contributed by atoms with van der Waals surface area (Å²) in [6, 6.07) is -0.344. The molecule has 0 radical (unpaired) electrons. The van der Waals surface area contributed by atoms with Gasteiger partial charge >= 0.3 is 0 Å². The van der Waals surface area contributed by atoms with E-state index in [0.29, 0.717) is 13.0 Å². The van der Waals surface area contributed by atoms with Crippen molar-refractivity contribution in [3.05, 3.63) is 11.1 Å². The fourth-order valence-corrected chi connectivity index (χ4v) is 5.77. The Morgan fingerprint density at radius 3 is 2.79 bits per heavy atom. The molecule has 1 aliphatic heterocycles. The number of nitrogens with zero attached hydrogens (tertiary/aromatic N) is 2. The average molecular weight is 392 g/mol. The number of sulfone groups is 1. The third-order valence-corrected chi connectivity index (χ3v) is 7.48. The zero-order chi connectivity index (χ0) is 17.7. The standard InChI is InChI=1S/C14H21N3O4S3/c1-3-17(13(19)8-23-14-15-10(2)7-22-14)6-12(18)16-11-4-5-24(20,21)9-11/h7,11H,3-6,8-9H2,1-2H3,(H,16,18)/t11-/m0/s1. The van der Waals surface area contributed by atoms with Crippen LogP contribution in [0.2, 0.25) is 0 Å². The minimum Gasteiger partial charge on any atom is -0.351 e. The van der Waals surface area contributed by atoms with E-state index in [1.54, 1.807) is 0 Å². The summed E-state index contributed by atoms with van der Waals surface area (Å²) in [5, 5.41) is 4.63. The number of aryl methyl sites for hydroxylation is 1. The summed E-state index contributed by atoms with van der Waals surface area (Å²) >= 11 is 2.85. The first-order chi connectivity index (χ1) is 11.3. The lowest BCUT2D eigenvalue weighted by atomic mass is 10.2. The van der Waals surface area contributed by atoms with Gasteiger partial charge in [-0.25, -0.2) is 13.4 Å². The van der Waals surface area contributed by atoms with Crippen LogP contribution in [-0.4, -0.2) is 66.5 Å². The van der Waals surface area contributed by atoms with Crippen molar-refractivity contribution in [2.75, 3.05) is 30.3 Å². The minimum atomic E-state index is -3.03. The Balaban J connectivity index is 1.79. The van der Waals surface area contributed by atoms with Crippen LogP contribution in [0.5, 0.6) is 0 Å². The van der Waals surface area contributed by atoms with Gasteiger partial charge in [0.25, 0.3) is 0 Å². The van der Waals surface area contributed by atoms with Crippen molar-refractivity contribution in [2.45, 2.75) is 30.6 Å². The van der Waals surface area contributed by atoms with E-state index in [2.05, 4.69) is 10.3 Å². The molecule has 0 aromatic carbocycles. The van der Waals surface area contributed by atoms with Crippen molar-refractivity contribution in [1.82, 2.24) is 15.2 Å². The van der Waals surface area contributed by atoms with Gasteiger partial charge in [0.2, 0.25) is 11.8 Å². The first kappa shape index (κ1) is 19.2. The van der Waals surface area contributed by atoms with Crippen LogP contribution in [0.3, 0.4) is 0 Å². The summed E-state index contributed by atoms with van der Waals surface area (Å²) in [6.45, 7) is 4.08. The van der Waals surface area contributed by atoms with E-state index < -0.39 is 9.84 Å². The van der Waals surface area contributed by atoms with Gasteiger partial charge in [0.05, 0.1) is 23.8 Å². The summed E-state index contributed by atoms with van der Waals surface area (Å²) < 4.78 is 23.6. The third-order valence-electron chi connectivity index (χ3n) is 3.58. The lowest BCUT2D eigenvalue weighted by molar-refractivity contribution is -0.134. The van der Waals surface area contributed by atoms with Gasteiger partial charge in [0.1, 0.15) is 0 Å². The van der Waals surface area contributed by atoms with E-state index in [-0.39, 0.29) is 41.7 Å². The molecule has 2 rings (SSSR count). The van der Waals surface area contributed by atoms with Crippen LogP contribution in [0.1, 0.15) is 19.0 Å². The summed E-state index contributed by atoms with van der Waals surface area (Å²) in [7, 11) is -3.03. The smallest absolute Gasteiger partial charge is 0.239 e. The van der Waals surface area contributed by atoms with Gasteiger partial charge in [-0.1, -0.05) is 11.8 Å². The molecular formula is C14H21N3O4S3. The molecule has 0 bridgehead atoms. The molecule has 1 aromatic heterocycles. The van der Waals surface area contributed by atoms with E-state index >= 15 is 0 Å². The fraction of sp³-hybridized carbons (Fsp3) is 0.643.